The van der Waals surface area contributed by atoms with E-state index >= 15 is 0 Å². The number of hydrogen-bond donors (Lipinski definition) is 1. The Labute approximate surface area is 309 Å². The van der Waals surface area contributed by atoms with Crippen LogP contribution in [-0.2, 0) is 4.74 Å². The van der Waals surface area contributed by atoms with Gasteiger partial charge in [-0.05, 0) is 164 Å². The van der Waals surface area contributed by atoms with Gasteiger partial charge in [-0.1, -0.05) is 0 Å². The molecule has 50 heavy (non-hydrogen) atoms. The molecule has 8 unspecified atom stereocenters. The van der Waals surface area contributed by atoms with Gasteiger partial charge in [0.05, 0.1) is 13.2 Å². The number of hydrogen-bond acceptors (Lipinski definition) is 7. The fourth-order valence-electron chi connectivity index (χ4n) is 11.9. The number of fused-ring (bicyclic) bond motifs is 8. The number of likely N-dealkylation sites (tertiary alicyclic amines) is 2. The van der Waals surface area contributed by atoms with Crippen LogP contribution < -0.4 is 5.32 Å². The van der Waals surface area contributed by atoms with Gasteiger partial charge in [0.15, 0.2) is 0 Å². The van der Waals surface area contributed by atoms with E-state index in [1.807, 2.05) is 0 Å². The highest BCUT2D eigenvalue weighted by Gasteiger charge is 2.47. The maximum Gasteiger partial charge on any atom is 0.0622 e. The van der Waals surface area contributed by atoms with Gasteiger partial charge < -0.3 is 15.0 Å². The number of nitrogens with one attached hydrogen (secondary N) is 1. The van der Waals surface area contributed by atoms with E-state index < -0.39 is 0 Å². The van der Waals surface area contributed by atoms with Crippen LogP contribution in [0.25, 0.3) is 0 Å². The quantitative estimate of drug-likeness (QED) is 0.334. The van der Waals surface area contributed by atoms with E-state index in [0.29, 0.717) is 6.04 Å². The van der Waals surface area contributed by atoms with E-state index in [9.17, 15) is 0 Å². The minimum absolute atomic E-state index is 0.705. The fraction of sp³-hybridized carbons (Fsp3) is 1.00. The van der Waals surface area contributed by atoms with Gasteiger partial charge in [0.1, 0.15) is 0 Å². The molecule has 10 fully saturated rings. The average molecular weight is 699 g/mol. The highest BCUT2D eigenvalue weighted by atomic mass is 16.5. The Balaban J connectivity index is 0.000000108. The van der Waals surface area contributed by atoms with Crippen LogP contribution in [0.5, 0.6) is 0 Å². The summed E-state index contributed by atoms with van der Waals surface area (Å²) in [5, 5.41) is 3.49. The molecule has 0 radical (unpaired) electrons. The molecule has 8 atom stereocenters. The Morgan fingerprint density at radius 3 is 1.20 bits per heavy atom. The molecular formula is C43H82N6O. The minimum atomic E-state index is 0.705. The van der Waals surface area contributed by atoms with Gasteiger partial charge in [-0.2, -0.15) is 0 Å². The zero-order valence-corrected chi connectivity index (χ0v) is 34.5. The van der Waals surface area contributed by atoms with E-state index in [-0.39, 0.29) is 0 Å². The summed E-state index contributed by atoms with van der Waals surface area (Å²) in [6.07, 6.45) is 15.9. The summed E-state index contributed by atoms with van der Waals surface area (Å²) in [5.41, 5.74) is 0. The second-order valence-electron chi connectivity index (χ2n) is 19.5. The average Bonchev–Trinajstić information content (AvgIpc) is 3.55. The van der Waals surface area contributed by atoms with E-state index in [1.54, 1.807) is 0 Å². The monoisotopic (exact) mass is 699 g/mol. The van der Waals surface area contributed by atoms with Crippen molar-refractivity contribution in [2.45, 2.75) is 212 Å². The van der Waals surface area contributed by atoms with Crippen molar-refractivity contribution < 1.29 is 4.74 Å². The molecule has 10 aliphatic rings. The number of piperidine rings is 2. The third kappa shape index (κ3) is 9.50. The Bertz CT molecular complexity index is 939. The smallest absolute Gasteiger partial charge is 0.0622 e. The van der Waals surface area contributed by atoms with Crippen LogP contribution in [0.3, 0.4) is 0 Å². The van der Waals surface area contributed by atoms with Crippen molar-refractivity contribution in [1.29, 1.82) is 0 Å². The second-order valence-corrected chi connectivity index (χ2v) is 19.5. The SMILES string of the molecule is CC(C)N1C2CCC1CC2.CC(C)N1C2CCC1CNC2.CC(C)N1C2CCC1COC2.CC(C)N1CC2CC2C1.CC(C)N1CCC2CC21. The van der Waals surface area contributed by atoms with Gasteiger partial charge in [0.25, 0.3) is 0 Å². The molecule has 290 valence electrons. The molecule has 8 heterocycles. The summed E-state index contributed by atoms with van der Waals surface area (Å²) in [6, 6.07) is 9.90. The summed E-state index contributed by atoms with van der Waals surface area (Å²) < 4.78 is 5.50. The van der Waals surface area contributed by atoms with Gasteiger partial charge in [-0.15, -0.1) is 0 Å². The summed E-state index contributed by atoms with van der Waals surface area (Å²) in [7, 11) is 0. The lowest BCUT2D eigenvalue weighted by Crippen LogP contribution is -2.54. The number of morpholine rings is 1. The molecule has 0 aromatic heterocycles. The van der Waals surface area contributed by atoms with Crippen LogP contribution in [0.2, 0.25) is 0 Å². The first kappa shape index (κ1) is 39.4. The van der Waals surface area contributed by atoms with E-state index in [0.717, 1.165) is 97.4 Å². The lowest BCUT2D eigenvalue weighted by molar-refractivity contribution is -0.0293. The van der Waals surface area contributed by atoms with Gasteiger partial charge in [-0.3, -0.25) is 19.6 Å². The number of ether oxygens (including phenoxy) is 1. The topological polar surface area (TPSA) is 37.5 Å². The maximum atomic E-state index is 5.50. The minimum Gasteiger partial charge on any atom is -0.378 e. The summed E-state index contributed by atoms with van der Waals surface area (Å²) in [5.74, 6) is 3.31. The van der Waals surface area contributed by atoms with Crippen LogP contribution in [-0.4, -0.2) is 143 Å². The van der Waals surface area contributed by atoms with Crippen LogP contribution in [0.1, 0.15) is 140 Å². The van der Waals surface area contributed by atoms with Crippen molar-refractivity contribution in [3.63, 3.8) is 0 Å². The summed E-state index contributed by atoms with van der Waals surface area (Å²) in [4.78, 5) is 13.3. The van der Waals surface area contributed by atoms with Gasteiger partial charge >= 0.3 is 0 Å². The molecule has 6 bridgehead atoms. The second kappa shape index (κ2) is 17.5. The Morgan fingerprint density at radius 2 is 0.900 bits per heavy atom. The van der Waals surface area contributed by atoms with Crippen LogP contribution >= 0.6 is 0 Å². The van der Waals surface area contributed by atoms with Crippen molar-refractivity contribution in [3.8, 4) is 0 Å². The first-order chi connectivity index (χ1) is 23.9. The lowest BCUT2D eigenvalue weighted by atomic mass is 10.0. The highest BCUT2D eigenvalue weighted by molar-refractivity contribution is 5.02. The predicted molar refractivity (Wildman–Crippen MR) is 211 cm³/mol. The molecule has 2 aliphatic carbocycles. The predicted octanol–water partition coefficient (Wildman–Crippen LogP) is 6.95. The highest BCUT2D eigenvalue weighted by Crippen LogP contribution is 2.46. The zero-order valence-electron chi connectivity index (χ0n) is 34.5. The normalized spacial score (nSPS) is 39.9. The molecule has 2 saturated carbocycles. The maximum absolute atomic E-state index is 5.50. The fourth-order valence-corrected chi connectivity index (χ4v) is 11.9. The summed E-state index contributed by atoms with van der Waals surface area (Å²) in [6.45, 7) is 31.6. The molecule has 0 spiro atoms. The number of nitrogens with zero attached hydrogens (tertiary/aromatic N) is 5. The van der Waals surface area contributed by atoms with Gasteiger partial charge in [0.2, 0.25) is 0 Å². The van der Waals surface area contributed by atoms with Crippen molar-refractivity contribution in [3.05, 3.63) is 0 Å². The molecule has 7 nitrogen and oxygen atoms in total. The van der Waals surface area contributed by atoms with Crippen molar-refractivity contribution in [1.82, 2.24) is 29.8 Å². The molecule has 8 aliphatic heterocycles. The van der Waals surface area contributed by atoms with Crippen molar-refractivity contribution >= 4 is 0 Å². The molecule has 10 rings (SSSR count). The Kier molecular flexibility index (Phi) is 13.8. The van der Waals surface area contributed by atoms with Crippen molar-refractivity contribution in [2.75, 3.05) is 45.9 Å². The van der Waals surface area contributed by atoms with Gasteiger partial charge in [0, 0.05) is 98.7 Å². The number of rotatable bonds is 5. The Morgan fingerprint density at radius 1 is 0.460 bits per heavy atom. The standard InChI is InChI=1S/C9H18N2.C9H17NO.C9H17N.2C8H15N/c1-7(2)11-8-3-4-9(11)6-10-5-8;1-7(2)10-8-3-4-9(10)6-11-5-8;1-7(2)10-8-3-4-9(10)6-5-8;1-6(2)9-4-7-3-8(7)5-9;1-6(2)9-4-3-7-5-8(7)9/h7-10H,3-6H2,1-2H3;7-9H,3-6H2,1-2H3;7-9H,3-6H2,1-2H3;2*6-8H,3-5H2,1-2H3. The molecule has 0 amide bonds. The molecular weight excluding hydrogens is 617 g/mol. The largest absolute Gasteiger partial charge is 0.378 e. The molecule has 0 aromatic rings. The third-order valence-corrected chi connectivity index (χ3v) is 14.5. The first-order valence-corrected chi connectivity index (χ1v) is 22.0. The zero-order chi connectivity index (χ0) is 35.7. The third-order valence-electron chi connectivity index (χ3n) is 14.5. The van der Waals surface area contributed by atoms with E-state index in [4.69, 9.17) is 4.74 Å². The van der Waals surface area contributed by atoms with Crippen LogP contribution in [0, 0.1) is 17.8 Å². The molecule has 1 N–H and O–H groups in total. The summed E-state index contributed by atoms with van der Waals surface area (Å²) >= 11 is 0. The van der Waals surface area contributed by atoms with E-state index in [2.05, 4.69) is 99.1 Å². The number of piperazine rings is 1. The molecule has 7 heteroatoms. The molecule has 8 saturated heterocycles. The lowest BCUT2D eigenvalue weighted by Gasteiger charge is -2.38. The Hall–Kier alpha value is -0.280. The van der Waals surface area contributed by atoms with E-state index in [1.165, 1.54) is 103 Å². The van der Waals surface area contributed by atoms with Crippen LogP contribution in [0.15, 0.2) is 0 Å². The van der Waals surface area contributed by atoms with Gasteiger partial charge in [-0.25, -0.2) is 0 Å². The molecule has 0 aromatic carbocycles. The van der Waals surface area contributed by atoms with Crippen molar-refractivity contribution in [2.24, 2.45) is 17.8 Å². The first-order valence-electron chi connectivity index (χ1n) is 22.0. The van der Waals surface area contributed by atoms with Crippen LogP contribution in [0.4, 0.5) is 0 Å².